The zero-order valence-electron chi connectivity index (χ0n) is 29.1. The number of fused-ring (bicyclic) bond motifs is 20. The minimum absolute atomic E-state index is 0.0492. The second-order valence-electron chi connectivity index (χ2n) is 17.6. The van der Waals surface area contributed by atoms with E-state index in [1.807, 2.05) is 0 Å². The molecule has 0 radical (unpaired) electrons. The van der Waals surface area contributed by atoms with Crippen LogP contribution in [0.2, 0.25) is 0 Å². The molecule has 10 N–H and O–H groups in total. The molecule has 0 aromatic carbocycles. The SMILES string of the molecule is O=C(NCC1CCCC2C3NC4NC(NC5NC(NC6NC(NC(N3)C12)C1CCCCC61)C1CCCCC51)C1CCCCC41)c1ccn[nH]1. The molecular weight excluding hydrogens is 614 g/mol. The van der Waals surface area contributed by atoms with Crippen LogP contribution in [0.1, 0.15) is 107 Å². The Balaban J connectivity index is 0.965. The van der Waals surface area contributed by atoms with Crippen LogP contribution in [0, 0.1) is 53.3 Å². The number of aromatic amines is 1. The van der Waals surface area contributed by atoms with Crippen LogP contribution in [0.5, 0.6) is 0 Å². The van der Waals surface area contributed by atoms with Crippen molar-refractivity contribution in [2.45, 2.75) is 146 Å². The molecule has 5 saturated heterocycles. The number of nitrogens with zero attached hydrogens (tertiary/aromatic N) is 1. The van der Waals surface area contributed by atoms with E-state index >= 15 is 0 Å². The van der Waals surface area contributed by atoms with Gasteiger partial charge >= 0.3 is 0 Å². The maximum atomic E-state index is 13.0. The molecule has 8 bridgehead atoms. The van der Waals surface area contributed by atoms with Gasteiger partial charge in [-0.05, 0) is 111 Å². The fourth-order valence-electron chi connectivity index (χ4n) is 13.1. The predicted octanol–water partition coefficient (Wildman–Crippen LogP) is 1.98. The monoisotopic (exact) mass is 676 g/mol. The van der Waals surface area contributed by atoms with Crippen LogP contribution >= 0.6 is 0 Å². The summed E-state index contributed by atoms with van der Waals surface area (Å²) >= 11 is 0. The largest absolute Gasteiger partial charge is 0.350 e. The number of carbonyl (C=O) groups excluding carboxylic acids is 1. The van der Waals surface area contributed by atoms with E-state index < -0.39 is 0 Å². The lowest BCUT2D eigenvalue weighted by Gasteiger charge is -2.39. The van der Waals surface area contributed by atoms with Gasteiger partial charge in [0.15, 0.2) is 0 Å². The van der Waals surface area contributed by atoms with E-state index in [4.69, 9.17) is 0 Å². The van der Waals surface area contributed by atoms with Gasteiger partial charge in [0.25, 0.3) is 5.91 Å². The summed E-state index contributed by atoms with van der Waals surface area (Å²) < 4.78 is 0. The van der Waals surface area contributed by atoms with Crippen molar-refractivity contribution in [1.29, 1.82) is 0 Å². The van der Waals surface area contributed by atoms with Gasteiger partial charge < -0.3 is 5.32 Å². The van der Waals surface area contributed by atoms with E-state index in [1.54, 1.807) is 12.3 Å². The third-order valence-electron chi connectivity index (χ3n) is 15.3. The first-order valence-corrected chi connectivity index (χ1v) is 20.5. The highest BCUT2D eigenvalue weighted by Gasteiger charge is 2.55. The molecule has 9 fully saturated rings. The Labute approximate surface area is 291 Å². The molecule has 49 heavy (non-hydrogen) atoms. The maximum absolute atomic E-state index is 13.0. The molecule has 5 aliphatic heterocycles. The lowest BCUT2D eigenvalue weighted by molar-refractivity contribution is 0.0890. The van der Waals surface area contributed by atoms with Crippen molar-refractivity contribution in [2.24, 2.45) is 53.3 Å². The van der Waals surface area contributed by atoms with Crippen molar-refractivity contribution in [3.8, 4) is 0 Å². The highest BCUT2D eigenvalue weighted by molar-refractivity contribution is 5.92. The summed E-state index contributed by atoms with van der Waals surface area (Å²) in [6.07, 6.45) is 23.7. The van der Waals surface area contributed by atoms with E-state index in [0.29, 0.717) is 96.3 Å². The van der Waals surface area contributed by atoms with E-state index in [9.17, 15) is 4.79 Å². The first-order chi connectivity index (χ1) is 24.2. The molecule has 0 spiro atoms. The minimum atomic E-state index is -0.0492. The van der Waals surface area contributed by atoms with Crippen LogP contribution in [-0.2, 0) is 0 Å². The molecule has 12 nitrogen and oxygen atoms in total. The molecule has 10 rings (SSSR count). The molecule has 17 atom stereocenters. The molecule has 9 aliphatic rings. The van der Waals surface area contributed by atoms with Crippen molar-refractivity contribution >= 4 is 5.91 Å². The van der Waals surface area contributed by atoms with Gasteiger partial charge in [-0.1, -0.05) is 44.9 Å². The smallest absolute Gasteiger partial charge is 0.269 e. The first kappa shape index (κ1) is 32.0. The summed E-state index contributed by atoms with van der Waals surface area (Å²) in [6.45, 7) is 0.704. The summed E-state index contributed by atoms with van der Waals surface area (Å²) in [6, 6.07) is 1.76. The lowest BCUT2D eigenvalue weighted by Crippen LogP contribution is -2.62. The number of aromatic nitrogens is 2. The molecule has 1 aromatic rings. The van der Waals surface area contributed by atoms with Crippen molar-refractivity contribution in [2.75, 3.05) is 6.54 Å². The average molecular weight is 676 g/mol. The molecule has 4 aliphatic carbocycles. The van der Waals surface area contributed by atoms with Gasteiger partial charge in [-0.25, -0.2) is 0 Å². The Morgan fingerprint density at radius 3 is 1.33 bits per heavy atom. The normalized spacial score (nSPS) is 50.6. The van der Waals surface area contributed by atoms with Gasteiger partial charge in [0.2, 0.25) is 0 Å². The van der Waals surface area contributed by atoms with Crippen molar-refractivity contribution in [3.63, 3.8) is 0 Å². The van der Waals surface area contributed by atoms with Gasteiger partial charge in [0, 0.05) is 12.7 Å². The second kappa shape index (κ2) is 13.4. The standard InChI is InChI=1S/C37H61N11O/c49-37(27-16-17-39-48-27)38-18-19-8-7-15-26-28(19)36-46-34-25-14-6-5-13-24(25)32(44-34)42-30-21-10-2-1-9-20(21)29(40-30)41-31-22-11-3-4-12-23(22)33(43-31)45-35(26)47-36/h16-17,19-26,28-36,40-47H,1-15,18H2,(H,38,49)(H,39,48). The number of nitrogens with one attached hydrogen (secondary N) is 10. The van der Waals surface area contributed by atoms with E-state index in [1.165, 1.54) is 89.9 Å². The number of carbonyl (C=O) groups is 1. The maximum Gasteiger partial charge on any atom is 0.269 e. The summed E-state index contributed by atoms with van der Waals surface area (Å²) in [7, 11) is 0. The Morgan fingerprint density at radius 2 is 0.918 bits per heavy atom. The fraction of sp³-hybridized carbons (Fsp3) is 0.892. The first-order valence-electron chi connectivity index (χ1n) is 20.5. The van der Waals surface area contributed by atoms with Gasteiger partial charge in [-0.2, -0.15) is 5.10 Å². The summed E-state index contributed by atoms with van der Waals surface area (Å²) in [5.41, 5.74) is 0.542. The van der Waals surface area contributed by atoms with Crippen LogP contribution in [0.4, 0.5) is 0 Å². The Kier molecular flexibility index (Phi) is 8.77. The van der Waals surface area contributed by atoms with Crippen molar-refractivity contribution < 1.29 is 4.79 Å². The van der Waals surface area contributed by atoms with Crippen LogP contribution in [0.3, 0.4) is 0 Å². The summed E-state index contributed by atoms with van der Waals surface area (Å²) in [5.74, 6) is 5.32. The van der Waals surface area contributed by atoms with Crippen LogP contribution in [0.25, 0.3) is 0 Å². The minimum Gasteiger partial charge on any atom is -0.350 e. The predicted molar refractivity (Wildman–Crippen MR) is 187 cm³/mol. The van der Waals surface area contributed by atoms with Crippen LogP contribution < -0.4 is 47.9 Å². The number of hydrogen-bond donors (Lipinski definition) is 10. The van der Waals surface area contributed by atoms with Crippen molar-refractivity contribution in [1.82, 2.24) is 58.0 Å². The number of hydrogen-bond acceptors (Lipinski definition) is 10. The molecule has 270 valence electrons. The van der Waals surface area contributed by atoms with E-state index in [-0.39, 0.29) is 24.4 Å². The molecular formula is C37H61N11O. The third-order valence-corrected chi connectivity index (χ3v) is 15.3. The summed E-state index contributed by atoms with van der Waals surface area (Å²) in [4.78, 5) is 13.0. The van der Waals surface area contributed by atoms with E-state index in [2.05, 4.69) is 58.0 Å². The highest BCUT2D eigenvalue weighted by atomic mass is 16.1. The Morgan fingerprint density at radius 1 is 0.531 bits per heavy atom. The second-order valence-corrected chi connectivity index (χ2v) is 17.6. The number of rotatable bonds is 3. The van der Waals surface area contributed by atoms with Gasteiger partial charge in [0.05, 0.1) is 49.3 Å². The highest BCUT2D eigenvalue weighted by Crippen LogP contribution is 2.46. The molecule has 1 aromatic heterocycles. The zero-order chi connectivity index (χ0) is 32.5. The van der Waals surface area contributed by atoms with Crippen LogP contribution in [-0.4, -0.2) is 72.0 Å². The van der Waals surface area contributed by atoms with Crippen LogP contribution in [0.15, 0.2) is 12.3 Å². The number of amides is 1. The van der Waals surface area contributed by atoms with Gasteiger partial charge in [0.1, 0.15) is 5.69 Å². The average Bonchev–Trinajstić information content (AvgIpc) is 3.97. The topological polar surface area (TPSA) is 154 Å². The quantitative estimate of drug-likeness (QED) is 0.230. The van der Waals surface area contributed by atoms with Crippen molar-refractivity contribution in [3.05, 3.63) is 18.0 Å². The molecule has 6 heterocycles. The zero-order valence-corrected chi connectivity index (χ0v) is 29.1. The fourth-order valence-corrected chi connectivity index (χ4v) is 13.1. The lowest BCUT2D eigenvalue weighted by atomic mass is 9.71. The molecule has 12 heteroatoms. The van der Waals surface area contributed by atoms with E-state index in [0.717, 1.165) is 6.42 Å². The molecule has 4 saturated carbocycles. The molecule has 1 amide bonds. The third kappa shape index (κ3) is 5.81. The Hall–Kier alpha value is -1.64. The number of H-pyrrole nitrogens is 1. The Bertz CT molecular complexity index is 1310. The molecule has 17 unspecified atom stereocenters. The van der Waals surface area contributed by atoms with Gasteiger partial charge in [-0.15, -0.1) is 0 Å². The van der Waals surface area contributed by atoms with Gasteiger partial charge in [-0.3, -0.25) is 52.4 Å². The summed E-state index contributed by atoms with van der Waals surface area (Å²) in [5, 5.41) is 44.0.